The molecular weight excluding hydrogens is 468 g/mol. The number of primary amides is 1. The van der Waals surface area contributed by atoms with Gasteiger partial charge in [0.25, 0.3) is 5.91 Å². The molecule has 0 spiro atoms. The number of carbonyl (C=O) groups excluding carboxylic acids is 2. The van der Waals surface area contributed by atoms with Crippen LogP contribution in [0.1, 0.15) is 17.5 Å². The van der Waals surface area contributed by atoms with Crippen LogP contribution in [0.15, 0.2) is 101 Å². The van der Waals surface area contributed by atoms with Gasteiger partial charge < -0.3 is 10.3 Å². The highest BCUT2D eigenvalue weighted by Gasteiger charge is 2.33. The molecule has 180 valence electrons. The van der Waals surface area contributed by atoms with Crippen LogP contribution < -0.4 is 5.73 Å². The lowest BCUT2D eigenvalue weighted by molar-refractivity contribution is -0.122. The minimum Gasteiger partial charge on any atom is -0.368 e. The molecule has 36 heavy (non-hydrogen) atoms. The molecule has 0 aliphatic carbocycles. The lowest BCUT2D eigenvalue weighted by Crippen LogP contribution is -2.30. The fourth-order valence-corrected chi connectivity index (χ4v) is 5.33. The molecule has 5 rings (SSSR count). The fraction of sp³-hybridized carbons (Fsp3) is 0.138. The molecule has 2 N–H and O–H groups in total. The Labute approximate surface area is 214 Å². The van der Waals surface area contributed by atoms with Crippen LogP contribution in [-0.4, -0.2) is 33.0 Å². The van der Waals surface area contributed by atoms with Crippen molar-refractivity contribution in [3.8, 4) is 0 Å². The average molecular weight is 495 g/mol. The van der Waals surface area contributed by atoms with Gasteiger partial charge in [-0.05, 0) is 54.4 Å². The van der Waals surface area contributed by atoms with E-state index in [9.17, 15) is 9.59 Å². The van der Waals surface area contributed by atoms with Crippen molar-refractivity contribution in [3.63, 3.8) is 0 Å². The van der Waals surface area contributed by atoms with E-state index in [1.54, 1.807) is 4.90 Å². The minimum atomic E-state index is -0.414. The summed E-state index contributed by atoms with van der Waals surface area (Å²) < 4.78 is 1.82. The summed E-state index contributed by atoms with van der Waals surface area (Å²) >= 11 is 1.38. The first-order valence-electron chi connectivity index (χ1n) is 11.8. The molecule has 4 aromatic rings. The van der Waals surface area contributed by atoms with Crippen LogP contribution in [-0.2, 0) is 22.6 Å². The maximum Gasteiger partial charge on any atom is 0.266 e. The molecule has 0 radical (unpaired) electrons. The van der Waals surface area contributed by atoms with Crippen LogP contribution in [0.4, 0.5) is 5.69 Å². The van der Waals surface area contributed by atoms with E-state index in [-0.39, 0.29) is 12.5 Å². The Hall–Kier alpha value is -4.10. The Morgan fingerprint density at radius 1 is 0.944 bits per heavy atom. The van der Waals surface area contributed by atoms with Crippen LogP contribution in [0.3, 0.4) is 0 Å². The summed E-state index contributed by atoms with van der Waals surface area (Å²) in [6, 6.07) is 27.8. The summed E-state index contributed by atoms with van der Waals surface area (Å²) in [5.41, 5.74) is 9.27. The number of benzene rings is 3. The molecular formula is C29H26N4O2S. The monoisotopic (exact) mass is 494 g/mol. The van der Waals surface area contributed by atoms with E-state index < -0.39 is 5.91 Å². The molecule has 1 aromatic heterocycles. The van der Waals surface area contributed by atoms with Crippen molar-refractivity contribution in [2.75, 3.05) is 6.54 Å². The van der Waals surface area contributed by atoms with Gasteiger partial charge in [0, 0.05) is 29.2 Å². The molecule has 0 saturated carbocycles. The van der Waals surface area contributed by atoms with Gasteiger partial charge in [-0.15, -0.1) is 0 Å². The van der Waals surface area contributed by atoms with Gasteiger partial charge in [-0.25, -0.2) is 4.99 Å². The molecule has 6 nitrogen and oxygen atoms in total. The van der Waals surface area contributed by atoms with Crippen LogP contribution in [0, 0.1) is 0 Å². The normalized spacial score (nSPS) is 15.9. The Bertz CT molecular complexity index is 1460. The molecule has 7 heteroatoms. The number of aryl methyl sites for hydroxylation is 1. The van der Waals surface area contributed by atoms with Crippen molar-refractivity contribution in [3.05, 3.63) is 107 Å². The highest BCUT2D eigenvalue weighted by Crippen LogP contribution is 2.36. The third-order valence-electron chi connectivity index (χ3n) is 5.99. The second-order valence-electron chi connectivity index (χ2n) is 8.58. The van der Waals surface area contributed by atoms with E-state index in [2.05, 4.69) is 12.1 Å². The summed E-state index contributed by atoms with van der Waals surface area (Å²) in [6.07, 6.45) is 5.48. The van der Waals surface area contributed by atoms with Gasteiger partial charge in [0.2, 0.25) is 5.91 Å². The number of aliphatic imine (C=N–C) groups is 1. The number of aromatic nitrogens is 1. The van der Waals surface area contributed by atoms with Gasteiger partial charge in [-0.1, -0.05) is 66.7 Å². The number of nitrogens with zero attached hydrogens (tertiary/aromatic N) is 3. The number of rotatable bonds is 8. The molecule has 0 unspecified atom stereocenters. The van der Waals surface area contributed by atoms with Gasteiger partial charge in [0.05, 0.1) is 10.6 Å². The van der Waals surface area contributed by atoms with Gasteiger partial charge in [0.15, 0.2) is 5.17 Å². The topological polar surface area (TPSA) is 80.7 Å². The number of hydrogen-bond acceptors (Lipinski definition) is 4. The molecule has 1 aliphatic heterocycles. The van der Waals surface area contributed by atoms with E-state index in [1.165, 1.54) is 17.3 Å². The van der Waals surface area contributed by atoms with Crippen LogP contribution >= 0.6 is 11.8 Å². The van der Waals surface area contributed by atoms with Crippen LogP contribution in [0.25, 0.3) is 17.0 Å². The van der Waals surface area contributed by atoms with Gasteiger partial charge in [-0.3, -0.25) is 14.5 Å². The van der Waals surface area contributed by atoms with E-state index in [0.717, 1.165) is 35.0 Å². The summed E-state index contributed by atoms with van der Waals surface area (Å²) in [5, 5.41) is 1.63. The third kappa shape index (κ3) is 5.26. The van der Waals surface area contributed by atoms with Crippen molar-refractivity contribution in [2.24, 2.45) is 10.7 Å². The number of carbonyl (C=O) groups is 2. The zero-order chi connectivity index (χ0) is 24.9. The van der Waals surface area contributed by atoms with Crippen molar-refractivity contribution >= 4 is 51.4 Å². The van der Waals surface area contributed by atoms with Gasteiger partial charge >= 0.3 is 0 Å². The van der Waals surface area contributed by atoms with Gasteiger partial charge in [-0.2, -0.15) is 0 Å². The van der Waals surface area contributed by atoms with Crippen LogP contribution in [0.5, 0.6) is 0 Å². The lowest BCUT2D eigenvalue weighted by atomic mass is 10.1. The predicted octanol–water partition coefficient (Wildman–Crippen LogP) is 5.36. The number of hydrogen-bond donors (Lipinski definition) is 1. The highest BCUT2D eigenvalue weighted by atomic mass is 32.2. The summed E-state index contributed by atoms with van der Waals surface area (Å²) in [5.74, 6) is -0.474. The number of para-hydroxylation sites is 2. The van der Waals surface area contributed by atoms with E-state index in [4.69, 9.17) is 10.7 Å². The Balaban J connectivity index is 1.46. The number of amidine groups is 1. The summed E-state index contributed by atoms with van der Waals surface area (Å²) in [6.45, 7) is 0.657. The quantitative estimate of drug-likeness (QED) is 0.335. The smallest absolute Gasteiger partial charge is 0.266 e. The maximum atomic E-state index is 13.5. The molecule has 1 aliphatic rings. The second kappa shape index (κ2) is 10.7. The standard InChI is InChI=1S/C29H26N4O2S/c30-27(34)20-32-19-22(24-15-7-8-16-25(24)32)18-26-28(35)33(17-9-12-21-10-3-1-4-11-21)29(36-26)31-23-13-5-2-6-14-23/h1-8,10-11,13-16,18-19H,9,12,17,20H2,(H2,30,34). The number of nitrogens with two attached hydrogens (primary N) is 1. The molecule has 1 fully saturated rings. The average Bonchev–Trinajstić information content (AvgIpc) is 3.37. The first-order chi connectivity index (χ1) is 17.6. The zero-order valence-corrected chi connectivity index (χ0v) is 20.5. The Morgan fingerprint density at radius 3 is 2.39 bits per heavy atom. The highest BCUT2D eigenvalue weighted by molar-refractivity contribution is 8.18. The zero-order valence-electron chi connectivity index (χ0n) is 19.7. The first kappa shape index (κ1) is 23.6. The largest absolute Gasteiger partial charge is 0.368 e. The van der Waals surface area contributed by atoms with Crippen molar-refractivity contribution < 1.29 is 9.59 Å². The Kier molecular flexibility index (Phi) is 7.00. The summed E-state index contributed by atoms with van der Waals surface area (Å²) in [7, 11) is 0. The molecule has 0 bridgehead atoms. The van der Waals surface area contributed by atoms with Crippen molar-refractivity contribution in [2.45, 2.75) is 19.4 Å². The van der Waals surface area contributed by atoms with E-state index in [0.29, 0.717) is 16.6 Å². The third-order valence-corrected chi connectivity index (χ3v) is 7.00. The second-order valence-corrected chi connectivity index (χ2v) is 9.59. The van der Waals surface area contributed by atoms with Gasteiger partial charge in [0.1, 0.15) is 6.54 Å². The number of thioether (sulfide) groups is 1. The SMILES string of the molecule is NC(=O)Cn1cc(C=C2SC(=Nc3ccccc3)N(CCCc3ccccc3)C2=O)c2ccccc21. The van der Waals surface area contributed by atoms with E-state index in [1.807, 2.05) is 89.6 Å². The Morgan fingerprint density at radius 2 is 1.64 bits per heavy atom. The number of amides is 2. The molecule has 1 saturated heterocycles. The first-order valence-corrected chi connectivity index (χ1v) is 12.7. The van der Waals surface area contributed by atoms with E-state index >= 15 is 0 Å². The predicted molar refractivity (Wildman–Crippen MR) is 147 cm³/mol. The maximum absolute atomic E-state index is 13.5. The molecule has 3 aromatic carbocycles. The van der Waals surface area contributed by atoms with Crippen molar-refractivity contribution in [1.82, 2.24) is 9.47 Å². The summed E-state index contributed by atoms with van der Waals surface area (Å²) in [4.78, 5) is 32.3. The molecule has 2 heterocycles. The minimum absolute atomic E-state index is 0.0607. The lowest BCUT2D eigenvalue weighted by Gasteiger charge is -2.15. The number of fused-ring (bicyclic) bond motifs is 1. The van der Waals surface area contributed by atoms with Crippen molar-refractivity contribution in [1.29, 1.82) is 0 Å². The molecule has 0 atom stereocenters. The fourth-order valence-electron chi connectivity index (χ4n) is 4.32. The molecule has 2 amide bonds. The van der Waals surface area contributed by atoms with Crippen LogP contribution in [0.2, 0.25) is 0 Å².